The average Bonchev–Trinajstić information content (AvgIpc) is 2.48. The van der Waals surface area contributed by atoms with E-state index in [0.29, 0.717) is 12.2 Å². The molecule has 1 unspecified atom stereocenters. The molecule has 1 saturated heterocycles. The van der Waals surface area contributed by atoms with Crippen molar-refractivity contribution < 1.29 is 14.5 Å². The lowest BCUT2D eigenvalue weighted by Gasteiger charge is -2.22. The number of hydrogen-bond acceptors (Lipinski definition) is 5. The second kappa shape index (κ2) is 7.80. The standard InChI is InChI=1S/C13H17N3O4.ClH/c1-20-12-7-10(16(18)19)4-5-11(12)15-13(17)9-3-2-6-14-8-9;/h4-5,7,9,14H,2-3,6,8H2,1H3,(H,15,17);1H. The Labute approximate surface area is 128 Å². The summed E-state index contributed by atoms with van der Waals surface area (Å²) >= 11 is 0. The molecule has 0 spiro atoms. The van der Waals surface area contributed by atoms with Gasteiger partial charge in [0.05, 0.1) is 29.7 Å². The molecule has 0 saturated carbocycles. The van der Waals surface area contributed by atoms with E-state index in [-0.39, 0.29) is 35.7 Å². The van der Waals surface area contributed by atoms with Crippen LogP contribution in [0, 0.1) is 16.0 Å². The second-order valence-electron chi connectivity index (χ2n) is 4.67. The molecule has 1 aromatic rings. The number of rotatable bonds is 4. The van der Waals surface area contributed by atoms with Gasteiger partial charge in [0.25, 0.3) is 5.69 Å². The molecule has 2 N–H and O–H groups in total. The van der Waals surface area contributed by atoms with Gasteiger partial charge in [-0.05, 0) is 25.5 Å². The summed E-state index contributed by atoms with van der Waals surface area (Å²) in [7, 11) is 1.41. The van der Waals surface area contributed by atoms with Crippen molar-refractivity contribution in [2.24, 2.45) is 5.92 Å². The Hall–Kier alpha value is -1.86. The first-order valence-electron chi connectivity index (χ1n) is 6.46. The Kier molecular flexibility index (Phi) is 6.39. The molecular weight excluding hydrogens is 298 g/mol. The highest BCUT2D eigenvalue weighted by atomic mass is 35.5. The minimum absolute atomic E-state index is 0. The number of carbonyl (C=O) groups is 1. The third-order valence-electron chi connectivity index (χ3n) is 3.32. The van der Waals surface area contributed by atoms with E-state index in [1.165, 1.54) is 25.3 Å². The van der Waals surface area contributed by atoms with Gasteiger partial charge in [0, 0.05) is 12.6 Å². The Balaban J connectivity index is 0.00000220. The van der Waals surface area contributed by atoms with Gasteiger partial charge in [0.2, 0.25) is 5.91 Å². The van der Waals surface area contributed by atoms with Crippen LogP contribution in [0.25, 0.3) is 0 Å². The largest absolute Gasteiger partial charge is 0.494 e. The summed E-state index contributed by atoms with van der Waals surface area (Å²) in [5.41, 5.74) is 0.382. The normalized spacial score (nSPS) is 17.5. The van der Waals surface area contributed by atoms with Crippen LogP contribution in [0.4, 0.5) is 11.4 Å². The number of halogens is 1. The predicted molar refractivity (Wildman–Crippen MR) is 81.1 cm³/mol. The van der Waals surface area contributed by atoms with E-state index in [9.17, 15) is 14.9 Å². The van der Waals surface area contributed by atoms with E-state index in [1.54, 1.807) is 0 Å². The number of anilines is 1. The maximum atomic E-state index is 12.1. The summed E-state index contributed by atoms with van der Waals surface area (Å²) in [6.45, 7) is 1.59. The van der Waals surface area contributed by atoms with Crippen molar-refractivity contribution in [1.29, 1.82) is 0 Å². The third kappa shape index (κ3) is 4.30. The molecule has 7 nitrogen and oxygen atoms in total. The highest BCUT2D eigenvalue weighted by molar-refractivity contribution is 5.94. The van der Waals surface area contributed by atoms with Gasteiger partial charge in [0.1, 0.15) is 5.75 Å². The first kappa shape index (κ1) is 17.2. The number of nitro groups is 1. The monoisotopic (exact) mass is 315 g/mol. The van der Waals surface area contributed by atoms with Crippen LogP contribution < -0.4 is 15.4 Å². The van der Waals surface area contributed by atoms with Crippen LogP contribution in [0.3, 0.4) is 0 Å². The number of non-ortho nitro benzene ring substituents is 1. The Morgan fingerprint density at radius 3 is 2.86 bits per heavy atom. The number of piperidine rings is 1. The molecule has 1 aliphatic rings. The van der Waals surface area contributed by atoms with Crippen molar-refractivity contribution in [2.45, 2.75) is 12.8 Å². The molecule has 1 fully saturated rings. The molecule has 21 heavy (non-hydrogen) atoms. The van der Waals surface area contributed by atoms with Crippen LogP contribution in [-0.4, -0.2) is 31.0 Å². The number of nitrogens with zero attached hydrogens (tertiary/aromatic N) is 1. The number of ether oxygens (including phenoxy) is 1. The predicted octanol–water partition coefficient (Wildman–Crippen LogP) is 1.96. The molecule has 1 atom stereocenters. The highest BCUT2D eigenvalue weighted by Crippen LogP contribution is 2.29. The number of amides is 1. The SMILES string of the molecule is COc1cc([N+](=O)[O-])ccc1NC(=O)C1CCCNC1.Cl. The summed E-state index contributed by atoms with van der Waals surface area (Å²) in [6, 6.07) is 4.14. The molecule has 116 valence electrons. The van der Waals surface area contributed by atoms with Crippen LogP contribution in [0.5, 0.6) is 5.75 Å². The van der Waals surface area contributed by atoms with E-state index < -0.39 is 4.92 Å². The first-order chi connectivity index (χ1) is 9.61. The van der Waals surface area contributed by atoms with Crippen molar-refractivity contribution >= 4 is 29.7 Å². The molecule has 1 aromatic carbocycles. The molecule has 2 rings (SSSR count). The van der Waals surface area contributed by atoms with Gasteiger partial charge in [-0.2, -0.15) is 0 Å². The van der Waals surface area contributed by atoms with Crippen LogP contribution in [-0.2, 0) is 4.79 Å². The smallest absolute Gasteiger partial charge is 0.273 e. The van der Waals surface area contributed by atoms with Crippen LogP contribution in [0.15, 0.2) is 18.2 Å². The minimum atomic E-state index is -0.501. The fourth-order valence-corrected chi connectivity index (χ4v) is 2.21. The maximum Gasteiger partial charge on any atom is 0.273 e. The van der Waals surface area contributed by atoms with Crippen molar-refractivity contribution in [2.75, 3.05) is 25.5 Å². The third-order valence-corrected chi connectivity index (χ3v) is 3.32. The molecule has 8 heteroatoms. The molecule has 1 aliphatic heterocycles. The molecule has 0 bridgehead atoms. The zero-order valence-electron chi connectivity index (χ0n) is 11.6. The van der Waals surface area contributed by atoms with Crippen molar-refractivity contribution in [1.82, 2.24) is 5.32 Å². The van der Waals surface area contributed by atoms with Gasteiger partial charge >= 0.3 is 0 Å². The maximum absolute atomic E-state index is 12.1. The lowest BCUT2D eigenvalue weighted by atomic mass is 9.99. The zero-order chi connectivity index (χ0) is 14.5. The number of carbonyl (C=O) groups excluding carboxylic acids is 1. The average molecular weight is 316 g/mol. The fraction of sp³-hybridized carbons (Fsp3) is 0.462. The summed E-state index contributed by atoms with van der Waals surface area (Å²) in [6.07, 6.45) is 1.81. The minimum Gasteiger partial charge on any atom is -0.494 e. The van der Waals surface area contributed by atoms with E-state index in [2.05, 4.69) is 10.6 Å². The van der Waals surface area contributed by atoms with Crippen molar-refractivity contribution in [3.8, 4) is 5.75 Å². The van der Waals surface area contributed by atoms with Gasteiger partial charge < -0.3 is 15.4 Å². The molecular formula is C13H18ClN3O4. The van der Waals surface area contributed by atoms with Gasteiger partial charge in [-0.1, -0.05) is 0 Å². The van der Waals surface area contributed by atoms with E-state index in [1.807, 2.05) is 0 Å². The molecule has 1 amide bonds. The van der Waals surface area contributed by atoms with E-state index >= 15 is 0 Å². The molecule has 0 aromatic heterocycles. The van der Waals surface area contributed by atoms with Crippen LogP contribution in [0.1, 0.15) is 12.8 Å². The molecule has 0 aliphatic carbocycles. The Morgan fingerprint density at radius 1 is 1.52 bits per heavy atom. The van der Waals surface area contributed by atoms with Gasteiger partial charge in [-0.15, -0.1) is 12.4 Å². The van der Waals surface area contributed by atoms with E-state index in [4.69, 9.17) is 4.74 Å². The number of benzene rings is 1. The summed E-state index contributed by atoms with van der Waals surface area (Å²) in [5.74, 6) is 0.115. The van der Waals surface area contributed by atoms with E-state index in [0.717, 1.165) is 19.4 Å². The number of nitro benzene ring substituents is 1. The Bertz CT molecular complexity index is 518. The van der Waals surface area contributed by atoms with Gasteiger partial charge in [-0.25, -0.2) is 0 Å². The molecule has 1 heterocycles. The van der Waals surface area contributed by atoms with Gasteiger partial charge in [0.15, 0.2) is 0 Å². The van der Waals surface area contributed by atoms with Crippen LogP contribution in [0.2, 0.25) is 0 Å². The number of hydrogen-bond donors (Lipinski definition) is 2. The quantitative estimate of drug-likeness (QED) is 0.654. The van der Waals surface area contributed by atoms with Gasteiger partial charge in [-0.3, -0.25) is 14.9 Å². The van der Waals surface area contributed by atoms with Crippen LogP contribution >= 0.6 is 12.4 Å². The van der Waals surface area contributed by atoms with Crippen molar-refractivity contribution in [3.05, 3.63) is 28.3 Å². The highest BCUT2D eigenvalue weighted by Gasteiger charge is 2.22. The number of nitrogens with one attached hydrogen (secondary N) is 2. The van der Waals surface area contributed by atoms with Crippen molar-refractivity contribution in [3.63, 3.8) is 0 Å². The summed E-state index contributed by atoms with van der Waals surface area (Å²) < 4.78 is 5.09. The summed E-state index contributed by atoms with van der Waals surface area (Å²) in [5, 5.41) is 16.6. The lowest BCUT2D eigenvalue weighted by Crippen LogP contribution is -2.37. The zero-order valence-corrected chi connectivity index (χ0v) is 12.4. The summed E-state index contributed by atoms with van der Waals surface area (Å²) in [4.78, 5) is 22.3. The number of methoxy groups -OCH3 is 1. The Morgan fingerprint density at radius 2 is 2.29 bits per heavy atom. The topological polar surface area (TPSA) is 93.5 Å². The molecule has 0 radical (unpaired) electrons. The first-order valence-corrected chi connectivity index (χ1v) is 6.46. The lowest BCUT2D eigenvalue weighted by molar-refractivity contribution is -0.384. The second-order valence-corrected chi connectivity index (χ2v) is 4.67. The fourth-order valence-electron chi connectivity index (χ4n) is 2.21.